The lowest BCUT2D eigenvalue weighted by atomic mass is 9.94. The summed E-state index contributed by atoms with van der Waals surface area (Å²) in [6.07, 6.45) is 5.44. The lowest BCUT2D eigenvalue weighted by Crippen LogP contribution is -2.46. The van der Waals surface area contributed by atoms with Gasteiger partial charge < -0.3 is 14.3 Å². The van der Waals surface area contributed by atoms with Gasteiger partial charge in [-0.2, -0.15) is 4.98 Å². The third kappa shape index (κ3) is 2.82. The lowest BCUT2D eigenvalue weighted by Gasteiger charge is -2.37. The molecule has 1 aromatic carbocycles. The van der Waals surface area contributed by atoms with Crippen LogP contribution in [0, 0.1) is 12.8 Å². The summed E-state index contributed by atoms with van der Waals surface area (Å²) in [5.41, 5.74) is 3.63. The fourth-order valence-corrected chi connectivity index (χ4v) is 4.50. The fraction of sp³-hybridized carbons (Fsp3) is 0.429. The van der Waals surface area contributed by atoms with Crippen molar-refractivity contribution in [1.82, 2.24) is 15.1 Å². The Kier molecular flexibility index (Phi) is 4.22. The number of aryl methyl sites for hydroxylation is 2. The summed E-state index contributed by atoms with van der Waals surface area (Å²) < 4.78 is 5.29. The van der Waals surface area contributed by atoms with Crippen molar-refractivity contribution in [2.45, 2.75) is 32.6 Å². The first kappa shape index (κ1) is 17.2. The topological polar surface area (TPSA) is 75.4 Å². The van der Waals surface area contributed by atoms with Crippen LogP contribution in [0.25, 0.3) is 11.1 Å². The van der Waals surface area contributed by atoms with Crippen molar-refractivity contribution in [1.29, 1.82) is 0 Å². The fourth-order valence-electron chi connectivity index (χ4n) is 4.50. The van der Waals surface area contributed by atoms with E-state index in [4.69, 9.17) is 4.52 Å². The van der Waals surface area contributed by atoms with Gasteiger partial charge in [-0.15, -0.1) is 0 Å². The highest BCUT2D eigenvalue weighted by Gasteiger charge is 2.33. The van der Waals surface area contributed by atoms with Gasteiger partial charge in [0.2, 0.25) is 5.91 Å². The van der Waals surface area contributed by atoms with Crippen molar-refractivity contribution in [3.8, 4) is 0 Å². The monoisotopic (exact) mass is 377 g/mol. The number of rotatable bonds is 2. The van der Waals surface area contributed by atoms with E-state index in [0.717, 1.165) is 61.4 Å². The predicted molar refractivity (Wildman–Crippen MR) is 106 cm³/mol. The van der Waals surface area contributed by atoms with Crippen molar-refractivity contribution < 1.29 is 9.32 Å². The first-order valence-corrected chi connectivity index (χ1v) is 9.93. The van der Waals surface area contributed by atoms with Crippen LogP contribution in [0.2, 0.25) is 0 Å². The van der Waals surface area contributed by atoms with Gasteiger partial charge in [-0.1, -0.05) is 23.4 Å². The highest BCUT2D eigenvalue weighted by atomic mass is 16.5. The number of benzene rings is 1. The number of hydrogen-bond donors (Lipinski definition) is 0. The summed E-state index contributed by atoms with van der Waals surface area (Å²) >= 11 is 0. The third-order valence-electron chi connectivity index (χ3n) is 5.87. The number of fused-ring (bicyclic) bond motifs is 2. The molecular weight excluding hydrogens is 354 g/mol. The zero-order valence-electron chi connectivity index (χ0n) is 16.0. The molecule has 2 aliphatic rings. The van der Waals surface area contributed by atoms with Gasteiger partial charge in [0.15, 0.2) is 0 Å². The highest BCUT2D eigenvalue weighted by Crippen LogP contribution is 2.32. The smallest absolute Gasteiger partial charge is 0.263 e. The first-order chi connectivity index (χ1) is 13.7. The Labute approximate surface area is 163 Å². The minimum Gasteiger partial charge on any atom is -0.355 e. The van der Waals surface area contributed by atoms with E-state index in [9.17, 15) is 4.79 Å². The molecule has 1 saturated heterocycles. The number of aromatic nitrogens is 3. The molecule has 0 saturated carbocycles. The Balaban J connectivity index is 1.42. The Hall–Kier alpha value is -2.96. The molecule has 7 heteroatoms. The minimum absolute atomic E-state index is 0.0370. The van der Waals surface area contributed by atoms with Crippen LogP contribution in [0.15, 0.2) is 35.1 Å². The van der Waals surface area contributed by atoms with Crippen molar-refractivity contribution in [2.75, 3.05) is 29.4 Å². The van der Waals surface area contributed by atoms with E-state index in [1.165, 1.54) is 11.9 Å². The van der Waals surface area contributed by atoms with Crippen molar-refractivity contribution in [3.05, 3.63) is 41.9 Å². The molecule has 0 spiro atoms. The molecule has 5 rings (SSSR count). The highest BCUT2D eigenvalue weighted by molar-refractivity contribution is 5.97. The van der Waals surface area contributed by atoms with Crippen LogP contribution in [0.5, 0.6) is 0 Å². The second-order valence-electron chi connectivity index (χ2n) is 7.65. The normalized spacial score (nSPS) is 19.7. The molecule has 1 amide bonds. The van der Waals surface area contributed by atoms with Crippen molar-refractivity contribution in [3.63, 3.8) is 0 Å². The van der Waals surface area contributed by atoms with Crippen LogP contribution in [0.1, 0.15) is 30.5 Å². The van der Waals surface area contributed by atoms with Crippen LogP contribution in [-0.2, 0) is 11.2 Å². The number of piperidine rings is 1. The van der Waals surface area contributed by atoms with E-state index in [1.54, 1.807) is 0 Å². The summed E-state index contributed by atoms with van der Waals surface area (Å²) in [4.78, 5) is 26.3. The molecule has 0 N–H and O–H groups in total. The van der Waals surface area contributed by atoms with Gasteiger partial charge in [-0.25, -0.2) is 4.98 Å². The molecule has 2 aromatic heterocycles. The molecule has 0 bridgehead atoms. The molecule has 28 heavy (non-hydrogen) atoms. The Morgan fingerprint density at radius 3 is 3.00 bits per heavy atom. The molecule has 1 unspecified atom stereocenters. The van der Waals surface area contributed by atoms with E-state index in [2.05, 4.69) is 38.2 Å². The zero-order chi connectivity index (χ0) is 19.1. The number of carbonyl (C=O) groups excluding carboxylic acids is 1. The minimum atomic E-state index is -0.0370. The van der Waals surface area contributed by atoms with Gasteiger partial charge in [0.1, 0.15) is 17.5 Å². The van der Waals surface area contributed by atoms with E-state index in [0.29, 0.717) is 12.3 Å². The summed E-state index contributed by atoms with van der Waals surface area (Å²) in [6, 6.07) is 8.27. The molecule has 0 aliphatic carbocycles. The maximum Gasteiger partial charge on any atom is 0.263 e. The Morgan fingerprint density at radius 1 is 1.18 bits per heavy atom. The SMILES string of the molecule is Cc1noc2ncnc(N3CCCC(C(=O)N4CCCc5ccccc54)C3)c12. The number of anilines is 2. The molecule has 1 atom stereocenters. The number of nitrogens with zero attached hydrogens (tertiary/aromatic N) is 5. The standard InChI is InChI=1S/C21H23N5O2/c1-14-18-19(22-13-23-20(18)28-24-14)25-10-4-8-16(12-25)21(27)26-11-5-7-15-6-2-3-9-17(15)26/h2-3,6,9,13,16H,4-5,7-8,10-12H2,1H3. The number of amides is 1. The van der Waals surface area contributed by atoms with E-state index < -0.39 is 0 Å². The number of carbonyl (C=O) groups is 1. The largest absolute Gasteiger partial charge is 0.355 e. The average Bonchev–Trinajstić information content (AvgIpc) is 3.14. The second-order valence-corrected chi connectivity index (χ2v) is 7.65. The molecule has 1 fully saturated rings. The Morgan fingerprint density at radius 2 is 2.07 bits per heavy atom. The first-order valence-electron chi connectivity index (χ1n) is 9.93. The number of para-hydroxylation sites is 1. The zero-order valence-corrected chi connectivity index (χ0v) is 16.0. The van der Waals surface area contributed by atoms with Crippen LogP contribution in [0.3, 0.4) is 0 Å². The predicted octanol–water partition coefficient (Wildman–Crippen LogP) is 3.12. The molecule has 4 heterocycles. The molecular formula is C21H23N5O2. The summed E-state index contributed by atoms with van der Waals surface area (Å²) in [5.74, 6) is 1.01. The lowest BCUT2D eigenvalue weighted by molar-refractivity contribution is -0.122. The molecule has 3 aromatic rings. The molecule has 0 radical (unpaired) electrons. The van der Waals surface area contributed by atoms with Crippen molar-refractivity contribution >= 4 is 28.5 Å². The quantitative estimate of drug-likeness (QED) is 0.683. The van der Waals surface area contributed by atoms with Gasteiger partial charge in [0.05, 0.1) is 11.6 Å². The van der Waals surface area contributed by atoms with Gasteiger partial charge in [0.25, 0.3) is 5.71 Å². The van der Waals surface area contributed by atoms with E-state index in [-0.39, 0.29) is 11.8 Å². The van der Waals surface area contributed by atoms with E-state index in [1.807, 2.05) is 17.9 Å². The Bertz CT molecular complexity index is 1030. The third-order valence-corrected chi connectivity index (χ3v) is 5.87. The van der Waals surface area contributed by atoms with Gasteiger partial charge in [-0.3, -0.25) is 4.79 Å². The van der Waals surface area contributed by atoms with Crippen LogP contribution >= 0.6 is 0 Å². The van der Waals surface area contributed by atoms with Gasteiger partial charge in [0, 0.05) is 25.3 Å². The number of hydrogen-bond acceptors (Lipinski definition) is 6. The van der Waals surface area contributed by atoms with Crippen molar-refractivity contribution in [2.24, 2.45) is 5.92 Å². The summed E-state index contributed by atoms with van der Waals surface area (Å²) in [6.45, 7) is 4.23. The van der Waals surface area contributed by atoms with Gasteiger partial charge in [-0.05, 0) is 44.2 Å². The van der Waals surface area contributed by atoms with Gasteiger partial charge >= 0.3 is 0 Å². The molecule has 2 aliphatic heterocycles. The van der Waals surface area contributed by atoms with E-state index >= 15 is 0 Å². The average molecular weight is 377 g/mol. The second kappa shape index (κ2) is 6.89. The maximum absolute atomic E-state index is 13.4. The summed E-state index contributed by atoms with van der Waals surface area (Å²) in [7, 11) is 0. The van der Waals surface area contributed by atoms with Crippen LogP contribution < -0.4 is 9.80 Å². The molecule has 144 valence electrons. The van der Waals surface area contributed by atoms with Crippen LogP contribution in [0.4, 0.5) is 11.5 Å². The summed E-state index contributed by atoms with van der Waals surface area (Å²) in [5, 5.41) is 4.87. The maximum atomic E-state index is 13.4. The van der Waals surface area contributed by atoms with Crippen LogP contribution in [-0.4, -0.2) is 40.7 Å². The molecule has 7 nitrogen and oxygen atoms in total.